The second kappa shape index (κ2) is 10.7. The van der Waals surface area contributed by atoms with Crippen molar-refractivity contribution in [1.82, 2.24) is 5.32 Å². The molecular weight excluding hydrogens is 311 g/mol. The Morgan fingerprint density at radius 1 is 1.14 bits per heavy atom. The summed E-state index contributed by atoms with van der Waals surface area (Å²) >= 11 is 2.03. The number of carbonyl (C=O) groups is 2. The summed E-state index contributed by atoms with van der Waals surface area (Å²) in [4.78, 5) is 19.1. The van der Waals surface area contributed by atoms with Gasteiger partial charge in [-0.05, 0) is 43.7 Å². The summed E-state index contributed by atoms with van der Waals surface area (Å²) in [6.45, 7) is 0.975. The third kappa shape index (κ3) is 12.5. The molecule has 1 heterocycles. The molecule has 0 aromatic carbocycles. The summed E-state index contributed by atoms with van der Waals surface area (Å²) in [6.07, 6.45) is -0.463. The molecule has 21 heavy (non-hydrogen) atoms. The van der Waals surface area contributed by atoms with Crippen molar-refractivity contribution in [2.45, 2.75) is 44.3 Å². The van der Waals surface area contributed by atoms with E-state index >= 15 is 0 Å². The van der Waals surface area contributed by atoms with Crippen LogP contribution < -0.4 is 5.32 Å². The van der Waals surface area contributed by atoms with E-state index in [0.717, 1.165) is 19.4 Å². The Kier molecular flexibility index (Phi) is 10.2. The Hall–Kier alpha value is -0.960. The van der Waals surface area contributed by atoms with Gasteiger partial charge in [-0.25, -0.2) is 4.79 Å². The third-order valence-electron chi connectivity index (χ3n) is 2.71. The zero-order chi connectivity index (χ0) is 16.3. The van der Waals surface area contributed by atoms with E-state index in [1.165, 1.54) is 24.3 Å². The number of nitrogens with one attached hydrogen (secondary N) is 1. The normalized spacial score (nSPS) is 16.0. The van der Waals surface area contributed by atoms with Crippen molar-refractivity contribution >= 4 is 23.7 Å². The number of carboxylic acid groups (broad SMARTS) is 2. The van der Waals surface area contributed by atoms with E-state index in [9.17, 15) is 18.0 Å². The van der Waals surface area contributed by atoms with E-state index in [1.54, 1.807) is 0 Å². The molecule has 0 atom stereocenters. The van der Waals surface area contributed by atoms with Crippen molar-refractivity contribution in [2.24, 2.45) is 0 Å². The van der Waals surface area contributed by atoms with Gasteiger partial charge in [-0.2, -0.15) is 24.9 Å². The third-order valence-corrected chi connectivity index (χ3v) is 3.76. The molecule has 1 aliphatic heterocycles. The minimum Gasteiger partial charge on any atom is -0.481 e. The van der Waals surface area contributed by atoms with Gasteiger partial charge in [0.1, 0.15) is 0 Å². The Labute approximate surface area is 125 Å². The van der Waals surface area contributed by atoms with Gasteiger partial charge in [0.25, 0.3) is 0 Å². The van der Waals surface area contributed by atoms with Crippen LogP contribution >= 0.6 is 11.8 Å². The fourth-order valence-corrected chi connectivity index (χ4v) is 2.72. The molecule has 0 aliphatic carbocycles. The first-order valence-corrected chi connectivity index (χ1v) is 7.72. The SMILES string of the molecule is O=C(O)C(F)(F)F.O=C(O)CCCCNC1CCSCC1. The van der Waals surface area contributed by atoms with Crippen LogP contribution in [0.2, 0.25) is 0 Å². The maximum absolute atomic E-state index is 10.6. The largest absolute Gasteiger partial charge is 0.490 e. The van der Waals surface area contributed by atoms with E-state index in [2.05, 4.69) is 5.32 Å². The van der Waals surface area contributed by atoms with Gasteiger partial charge in [-0.15, -0.1) is 0 Å². The maximum atomic E-state index is 10.6. The lowest BCUT2D eigenvalue weighted by Crippen LogP contribution is -2.33. The molecule has 124 valence electrons. The van der Waals surface area contributed by atoms with Crippen LogP contribution in [0.15, 0.2) is 0 Å². The molecule has 0 bridgehead atoms. The summed E-state index contributed by atoms with van der Waals surface area (Å²) < 4.78 is 31.7. The highest BCUT2D eigenvalue weighted by Crippen LogP contribution is 2.16. The van der Waals surface area contributed by atoms with Crippen molar-refractivity contribution in [2.75, 3.05) is 18.1 Å². The summed E-state index contributed by atoms with van der Waals surface area (Å²) in [5.41, 5.74) is 0. The van der Waals surface area contributed by atoms with Gasteiger partial charge in [0.15, 0.2) is 0 Å². The molecule has 0 aromatic rings. The zero-order valence-electron chi connectivity index (χ0n) is 11.5. The first-order chi connectivity index (χ1) is 9.73. The van der Waals surface area contributed by atoms with Crippen LogP contribution in [0.5, 0.6) is 0 Å². The van der Waals surface area contributed by atoms with Gasteiger partial charge in [-0.1, -0.05) is 0 Å². The predicted octanol–water partition coefficient (Wildman–Crippen LogP) is 2.36. The Morgan fingerprint density at radius 2 is 1.67 bits per heavy atom. The summed E-state index contributed by atoms with van der Waals surface area (Å²) in [6, 6.07) is 0.682. The second-order valence-corrected chi connectivity index (χ2v) is 5.72. The number of rotatable bonds is 6. The van der Waals surface area contributed by atoms with Crippen molar-refractivity contribution in [3.8, 4) is 0 Å². The van der Waals surface area contributed by atoms with E-state index in [-0.39, 0.29) is 0 Å². The highest BCUT2D eigenvalue weighted by Gasteiger charge is 2.38. The monoisotopic (exact) mass is 331 g/mol. The highest BCUT2D eigenvalue weighted by atomic mass is 32.2. The van der Waals surface area contributed by atoms with Crippen LogP contribution in [0, 0.1) is 0 Å². The molecule has 0 saturated carbocycles. The topological polar surface area (TPSA) is 86.6 Å². The molecule has 1 aliphatic rings. The number of aliphatic carboxylic acids is 2. The molecule has 9 heteroatoms. The first-order valence-electron chi connectivity index (χ1n) is 6.56. The maximum Gasteiger partial charge on any atom is 0.490 e. The van der Waals surface area contributed by atoms with Gasteiger partial charge < -0.3 is 15.5 Å². The Balaban J connectivity index is 0.000000486. The molecule has 1 rings (SSSR count). The van der Waals surface area contributed by atoms with Crippen molar-refractivity contribution in [3.63, 3.8) is 0 Å². The lowest BCUT2D eigenvalue weighted by Gasteiger charge is -2.22. The predicted molar refractivity (Wildman–Crippen MR) is 73.5 cm³/mol. The molecule has 0 radical (unpaired) electrons. The van der Waals surface area contributed by atoms with Gasteiger partial charge >= 0.3 is 18.1 Å². The molecule has 3 N–H and O–H groups in total. The quantitative estimate of drug-likeness (QED) is 0.648. The summed E-state index contributed by atoms with van der Waals surface area (Å²) in [5.74, 6) is -0.897. The highest BCUT2D eigenvalue weighted by molar-refractivity contribution is 7.99. The lowest BCUT2D eigenvalue weighted by molar-refractivity contribution is -0.192. The molecule has 0 unspecified atom stereocenters. The van der Waals surface area contributed by atoms with E-state index in [1.807, 2.05) is 11.8 Å². The average molecular weight is 331 g/mol. The van der Waals surface area contributed by atoms with Crippen LogP contribution in [0.4, 0.5) is 13.2 Å². The number of thioether (sulfide) groups is 1. The molecule has 1 fully saturated rings. The van der Waals surface area contributed by atoms with Gasteiger partial charge in [-0.3, -0.25) is 4.79 Å². The average Bonchev–Trinajstić information content (AvgIpc) is 2.39. The molecule has 5 nitrogen and oxygen atoms in total. The number of hydrogen-bond acceptors (Lipinski definition) is 4. The Bertz CT molecular complexity index is 320. The fraction of sp³-hybridized carbons (Fsp3) is 0.833. The number of hydrogen-bond donors (Lipinski definition) is 3. The van der Waals surface area contributed by atoms with Crippen LogP contribution in [-0.2, 0) is 9.59 Å². The fourth-order valence-electron chi connectivity index (χ4n) is 1.61. The minimum absolute atomic E-state index is 0.308. The summed E-state index contributed by atoms with van der Waals surface area (Å²) in [7, 11) is 0. The number of halogens is 3. The number of alkyl halides is 3. The van der Waals surface area contributed by atoms with Crippen LogP contribution in [0.3, 0.4) is 0 Å². The molecular formula is C12H20F3NO4S. The van der Waals surface area contributed by atoms with Crippen LogP contribution in [0.1, 0.15) is 32.1 Å². The second-order valence-electron chi connectivity index (χ2n) is 4.49. The van der Waals surface area contributed by atoms with E-state index < -0.39 is 18.1 Å². The van der Waals surface area contributed by atoms with Crippen molar-refractivity contribution < 1.29 is 33.0 Å². The van der Waals surface area contributed by atoms with Crippen LogP contribution in [0.25, 0.3) is 0 Å². The Morgan fingerprint density at radius 3 is 2.10 bits per heavy atom. The van der Waals surface area contributed by atoms with E-state index in [0.29, 0.717) is 12.5 Å². The lowest BCUT2D eigenvalue weighted by atomic mass is 10.1. The van der Waals surface area contributed by atoms with E-state index in [4.69, 9.17) is 15.0 Å². The smallest absolute Gasteiger partial charge is 0.481 e. The van der Waals surface area contributed by atoms with Crippen molar-refractivity contribution in [3.05, 3.63) is 0 Å². The number of unbranched alkanes of at least 4 members (excludes halogenated alkanes) is 1. The standard InChI is InChI=1S/C10H19NO2S.C2HF3O2/c12-10(13)3-1-2-6-11-9-4-7-14-8-5-9;3-2(4,5)1(6)7/h9,11H,1-8H2,(H,12,13);(H,6,7). The molecule has 0 amide bonds. The number of carboxylic acids is 2. The van der Waals surface area contributed by atoms with Crippen LogP contribution in [-0.4, -0.2) is 52.4 Å². The zero-order valence-corrected chi connectivity index (χ0v) is 12.3. The van der Waals surface area contributed by atoms with Crippen molar-refractivity contribution in [1.29, 1.82) is 0 Å². The van der Waals surface area contributed by atoms with Gasteiger partial charge in [0.2, 0.25) is 0 Å². The van der Waals surface area contributed by atoms with Gasteiger partial charge in [0.05, 0.1) is 0 Å². The summed E-state index contributed by atoms with van der Waals surface area (Å²) in [5, 5.41) is 19.1. The minimum atomic E-state index is -5.08. The molecule has 1 saturated heterocycles. The van der Waals surface area contributed by atoms with Gasteiger partial charge in [0, 0.05) is 12.5 Å². The first kappa shape index (κ1) is 20.0. The molecule has 0 spiro atoms. The molecule has 0 aromatic heterocycles.